The second-order valence-electron chi connectivity index (χ2n) is 5.69. The maximum absolute atomic E-state index is 12.5. The third kappa shape index (κ3) is 3.32. The summed E-state index contributed by atoms with van der Waals surface area (Å²) in [4.78, 5) is 17.0. The van der Waals surface area contributed by atoms with Crippen molar-refractivity contribution < 1.29 is 13.2 Å². The molecular weight excluding hydrogens is 344 g/mol. The smallest absolute Gasteiger partial charge is 0.257 e. The third-order valence-electron chi connectivity index (χ3n) is 3.65. The lowest BCUT2D eigenvalue weighted by molar-refractivity contribution is 0.102. The number of aromatic nitrogens is 1. The lowest BCUT2D eigenvalue weighted by atomic mass is 10.1. The average molecular weight is 360 g/mol. The molecule has 0 fully saturated rings. The zero-order valence-corrected chi connectivity index (χ0v) is 15.1. The molecule has 1 heterocycles. The summed E-state index contributed by atoms with van der Waals surface area (Å²) in [5.41, 5.74) is 2.98. The first-order valence-electron chi connectivity index (χ1n) is 7.23. The maximum atomic E-state index is 12.5. The molecule has 3 aromatic rings. The van der Waals surface area contributed by atoms with Crippen LogP contribution in [0.1, 0.15) is 21.5 Å². The van der Waals surface area contributed by atoms with E-state index in [1.807, 2.05) is 25.1 Å². The van der Waals surface area contributed by atoms with E-state index in [0.29, 0.717) is 16.3 Å². The van der Waals surface area contributed by atoms with Gasteiger partial charge in [-0.05, 0) is 49.2 Å². The quantitative estimate of drug-likeness (QED) is 0.775. The van der Waals surface area contributed by atoms with Crippen molar-refractivity contribution in [3.05, 3.63) is 53.1 Å². The molecule has 0 saturated carbocycles. The SMILES string of the molecule is Cc1ccc2nc(NC(=O)c3cc(S(C)(=O)=O)ccc3C)sc2c1. The van der Waals surface area contributed by atoms with E-state index in [4.69, 9.17) is 0 Å². The van der Waals surface area contributed by atoms with Crippen LogP contribution in [0.25, 0.3) is 10.2 Å². The van der Waals surface area contributed by atoms with E-state index in [1.54, 1.807) is 13.0 Å². The number of fused-ring (bicyclic) bond motifs is 1. The molecule has 0 aliphatic carbocycles. The van der Waals surface area contributed by atoms with Crippen molar-refractivity contribution in [1.82, 2.24) is 4.98 Å². The number of rotatable bonds is 3. The van der Waals surface area contributed by atoms with Crippen molar-refractivity contribution in [3.63, 3.8) is 0 Å². The Labute approximate surface area is 144 Å². The molecule has 0 atom stereocenters. The van der Waals surface area contributed by atoms with Gasteiger partial charge in [0.15, 0.2) is 15.0 Å². The Morgan fingerprint density at radius 1 is 1.12 bits per heavy atom. The number of nitrogens with one attached hydrogen (secondary N) is 1. The van der Waals surface area contributed by atoms with E-state index >= 15 is 0 Å². The van der Waals surface area contributed by atoms with Gasteiger partial charge in [0.05, 0.1) is 15.1 Å². The lowest BCUT2D eigenvalue weighted by Crippen LogP contribution is -2.14. The molecule has 0 aliphatic rings. The molecule has 5 nitrogen and oxygen atoms in total. The minimum atomic E-state index is -3.37. The number of hydrogen-bond donors (Lipinski definition) is 1. The third-order valence-corrected chi connectivity index (χ3v) is 5.69. The predicted molar refractivity (Wildman–Crippen MR) is 96.6 cm³/mol. The Kier molecular flexibility index (Phi) is 4.15. The van der Waals surface area contributed by atoms with Crippen molar-refractivity contribution >= 4 is 42.4 Å². The number of benzene rings is 2. The van der Waals surface area contributed by atoms with Crippen molar-refractivity contribution in [3.8, 4) is 0 Å². The number of nitrogens with zero attached hydrogens (tertiary/aromatic N) is 1. The van der Waals surface area contributed by atoms with Gasteiger partial charge >= 0.3 is 0 Å². The monoisotopic (exact) mass is 360 g/mol. The standard InChI is InChI=1S/C17H16N2O3S2/c1-10-4-7-14-15(8-10)23-17(18-14)19-16(20)13-9-12(24(3,21)22)6-5-11(13)2/h4-9H,1-3H3,(H,18,19,20). The van der Waals surface area contributed by atoms with Crippen molar-refractivity contribution in [2.45, 2.75) is 18.7 Å². The normalized spacial score (nSPS) is 11.6. The number of amides is 1. The minimum absolute atomic E-state index is 0.123. The largest absolute Gasteiger partial charge is 0.298 e. The van der Waals surface area contributed by atoms with E-state index in [-0.39, 0.29) is 10.8 Å². The number of carbonyl (C=O) groups excluding carboxylic acids is 1. The number of carbonyl (C=O) groups is 1. The van der Waals surface area contributed by atoms with Crippen molar-refractivity contribution in [1.29, 1.82) is 0 Å². The van der Waals surface area contributed by atoms with Gasteiger partial charge in [0.25, 0.3) is 5.91 Å². The van der Waals surface area contributed by atoms with E-state index in [1.165, 1.54) is 23.5 Å². The fraction of sp³-hybridized carbons (Fsp3) is 0.176. The van der Waals surface area contributed by atoms with Crippen molar-refractivity contribution in [2.24, 2.45) is 0 Å². The number of sulfone groups is 1. The Bertz CT molecular complexity index is 1050. The summed E-state index contributed by atoms with van der Waals surface area (Å²) >= 11 is 1.39. The molecule has 1 aromatic heterocycles. The van der Waals surface area contributed by atoms with Crippen LogP contribution in [0.2, 0.25) is 0 Å². The molecule has 124 valence electrons. The van der Waals surface area contributed by atoms with E-state index in [9.17, 15) is 13.2 Å². The highest BCUT2D eigenvalue weighted by molar-refractivity contribution is 7.90. The van der Waals surface area contributed by atoms with E-state index in [0.717, 1.165) is 22.0 Å². The predicted octanol–water partition coefficient (Wildman–Crippen LogP) is 3.57. The Balaban J connectivity index is 1.94. The van der Waals surface area contributed by atoms with Crippen LogP contribution >= 0.6 is 11.3 Å². The Hall–Kier alpha value is -2.25. The van der Waals surface area contributed by atoms with Gasteiger partial charge in [-0.25, -0.2) is 13.4 Å². The zero-order chi connectivity index (χ0) is 17.5. The lowest BCUT2D eigenvalue weighted by Gasteiger charge is -2.07. The number of aryl methyl sites for hydroxylation is 2. The van der Waals surface area contributed by atoms with Gasteiger partial charge in [-0.2, -0.15) is 0 Å². The van der Waals surface area contributed by atoms with Crippen LogP contribution in [0.3, 0.4) is 0 Å². The van der Waals surface area contributed by atoms with Gasteiger partial charge < -0.3 is 0 Å². The van der Waals surface area contributed by atoms with Crippen LogP contribution in [-0.2, 0) is 9.84 Å². The molecule has 0 saturated heterocycles. The van der Waals surface area contributed by atoms with Gasteiger partial charge in [-0.15, -0.1) is 0 Å². The van der Waals surface area contributed by atoms with Crippen LogP contribution in [0.15, 0.2) is 41.3 Å². The van der Waals surface area contributed by atoms with Crippen LogP contribution in [0.4, 0.5) is 5.13 Å². The summed E-state index contributed by atoms with van der Waals surface area (Å²) in [6, 6.07) is 10.4. The second-order valence-corrected chi connectivity index (χ2v) is 8.74. The summed E-state index contributed by atoms with van der Waals surface area (Å²) in [6.45, 7) is 3.76. The molecule has 1 amide bonds. The molecule has 2 aromatic carbocycles. The number of hydrogen-bond acceptors (Lipinski definition) is 5. The highest BCUT2D eigenvalue weighted by Crippen LogP contribution is 2.27. The zero-order valence-electron chi connectivity index (χ0n) is 13.5. The van der Waals surface area contributed by atoms with Crippen LogP contribution in [-0.4, -0.2) is 25.6 Å². The Morgan fingerprint density at radius 3 is 2.58 bits per heavy atom. The van der Waals surface area contributed by atoms with Crippen LogP contribution < -0.4 is 5.32 Å². The topological polar surface area (TPSA) is 76.1 Å². The molecular formula is C17H16N2O3S2. The van der Waals surface area contributed by atoms with Gasteiger partial charge in [-0.1, -0.05) is 23.5 Å². The molecule has 1 N–H and O–H groups in total. The fourth-order valence-electron chi connectivity index (χ4n) is 2.33. The number of thiazole rings is 1. The van der Waals surface area contributed by atoms with E-state index in [2.05, 4.69) is 10.3 Å². The first-order valence-corrected chi connectivity index (χ1v) is 9.94. The summed E-state index contributed by atoms with van der Waals surface area (Å²) in [7, 11) is -3.37. The van der Waals surface area contributed by atoms with Gasteiger partial charge in [0, 0.05) is 11.8 Å². The Morgan fingerprint density at radius 2 is 1.88 bits per heavy atom. The molecule has 3 rings (SSSR count). The molecule has 0 aliphatic heterocycles. The maximum Gasteiger partial charge on any atom is 0.257 e. The number of anilines is 1. The summed E-state index contributed by atoms with van der Waals surface area (Å²) in [5.74, 6) is -0.367. The van der Waals surface area contributed by atoms with Gasteiger partial charge in [0.1, 0.15) is 0 Å². The summed E-state index contributed by atoms with van der Waals surface area (Å²) in [5, 5.41) is 3.25. The first-order chi connectivity index (χ1) is 11.2. The second kappa shape index (κ2) is 5.99. The molecule has 0 radical (unpaired) electrons. The fourth-order valence-corrected chi connectivity index (χ4v) is 3.93. The van der Waals surface area contributed by atoms with Gasteiger partial charge in [0.2, 0.25) is 0 Å². The van der Waals surface area contributed by atoms with E-state index < -0.39 is 9.84 Å². The molecule has 7 heteroatoms. The van der Waals surface area contributed by atoms with Crippen LogP contribution in [0, 0.1) is 13.8 Å². The highest BCUT2D eigenvalue weighted by atomic mass is 32.2. The molecule has 24 heavy (non-hydrogen) atoms. The molecule has 0 unspecified atom stereocenters. The van der Waals surface area contributed by atoms with Crippen molar-refractivity contribution in [2.75, 3.05) is 11.6 Å². The van der Waals surface area contributed by atoms with Gasteiger partial charge in [-0.3, -0.25) is 10.1 Å². The summed E-state index contributed by atoms with van der Waals surface area (Å²) in [6.07, 6.45) is 1.12. The highest BCUT2D eigenvalue weighted by Gasteiger charge is 2.16. The minimum Gasteiger partial charge on any atom is -0.298 e. The van der Waals surface area contributed by atoms with Crippen LogP contribution in [0.5, 0.6) is 0 Å². The summed E-state index contributed by atoms with van der Waals surface area (Å²) < 4.78 is 24.4. The average Bonchev–Trinajstić information content (AvgIpc) is 2.87. The first kappa shape index (κ1) is 16.6. The molecule has 0 spiro atoms. The molecule has 0 bridgehead atoms.